The van der Waals surface area contributed by atoms with Gasteiger partial charge in [-0.2, -0.15) is 0 Å². The summed E-state index contributed by atoms with van der Waals surface area (Å²) in [7, 11) is 1.17. The van der Waals surface area contributed by atoms with Crippen molar-refractivity contribution in [3.63, 3.8) is 0 Å². The third kappa shape index (κ3) is 2.89. The molecule has 0 amide bonds. The maximum absolute atomic E-state index is 12.8. The Hall–Kier alpha value is -4.14. The molecule has 2 heterocycles. The Kier molecular flexibility index (Phi) is 4.27. The topological polar surface area (TPSA) is 135 Å². The molecule has 29 heavy (non-hydrogen) atoms. The molecule has 0 radical (unpaired) electrons. The molecule has 1 atom stereocenters. The van der Waals surface area contributed by atoms with Gasteiger partial charge in [-0.05, 0) is 17.7 Å². The molecule has 3 aromatic rings. The summed E-state index contributed by atoms with van der Waals surface area (Å²) in [6, 6.07) is 12.2. The normalized spacial score (nSPS) is 15.6. The number of nitro benzene ring substituents is 1. The lowest BCUT2D eigenvalue weighted by atomic mass is 9.83. The molecule has 0 aliphatic carbocycles. The number of rotatable bonds is 3. The van der Waals surface area contributed by atoms with Gasteiger partial charge in [0.15, 0.2) is 5.75 Å². The molecular weight excluding hydrogens is 380 g/mol. The molecule has 2 aromatic carbocycles. The lowest BCUT2D eigenvalue weighted by Crippen LogP contribution is -2.30. The first-order valence-corrected chi connectivity index (χ1v) is 8.48. The predicted octanol–water partition coefficient (Wildman–Crippen LogP) is 2.57. The van der Waals surface area contributed by atoms with Crippen LogP contribution in [0.15, 0.2) is 69.2 Å². The number of methoxy groups -OCH3 is 1. The zero-order valence-corrected chi connectivity index (χ0v) is 15.1. The van der Waals surface area contributed by atoms with Crippen LogP contribution >= 0.6 is 0 Å². The number of hydrogen-bond donors (Lipinski definition) is 1. The van der Waals surface area contributed by atoms with Crippen LogP contribution in [0.3, 0.4) is 0 Å². The summed E-state index contributed by atoms with van der Waals surface area (Å²) in [5.41, 5.74) is 5.88. The van der Waals surface area contributed by atoms with Crippen LogP contribution in [-0.4, -0.2) is 18.0 Å². The number of para-hydroxylation sites is 1. The van der Waals surface area contributed by atoms with Gasteiger partial charge >= 0.3 is 11.6 Å². The molecule has 1 unspecified atom stereocenters. The fourth-order valence-electron chi connectivity index (χ4n) is 3.40. The van der Waals surface area contributed by atoms with Crippen LogP contribution in [0.2, 0.25) is 0 Å². The largest absolute Gasteiger partial charge is 0.465 e. The Morgan fingerprint density at radius 1 is 1.17 bits per heavy atom. The molecular formula is C20H14N2O7. The first-order chi connectivity index (χ1) is 13.9. The SMILES string of the molecule is COC(=O)C1=C(N)Oc2c(c(=O)oc3ccccc23)C1c1ccc([N+](=O)[O-])cc1. The molecule has 9 heteroatoms. The van der Waals surface area contributed by atoms with E-state index in [1.165, 1.54) is 31.4 Å². The summed E-state index contributed by atoms with van der Waals surface area (Å²) in [6.07, 6.45) is 0. The van der Waals surface area contributed by atoms with Crippen molar-refractivity contribution in [2.45, 2.75) is 5.92 Å². The van der Waals surface area contributed by atoms with Crippen molar-refractivity contribution in [2.24, 2.45) is 5.73 Å². The summed E-state index contributed by atoms with van der Waals surface area (Å²) < 4.78 is 15.9. The molecule has 4 rings (SSSR count). The Bertz CT molecular complexity index is 1240. The molecule has 0 saturated heterocycles. The molecule has 0 saturated carbocycles. The number of carbonyl (C=O) groups excluding carboxylic acids is 1. The van der Waals surface area contributed by atoms with Gasteiger partial charge in [-0.1, -0.05) is 24.3 Å². The first-order valence-electron chi connectivity index (χ1n) is 8.48. The Balaban J connectivity index is 2.02. The molecule has 0 bridgehead atoms. The number of nitro groups is 1. The van der Waals surface area contributed by atoms with Gasteiger partial charge in [0.1, 0.15) is 11.2 Å². The first kappa shape index (κ1) is 18.2. The monoisotopic (exact) mass is 394 g/mol. The maximum atomic E-state index is 12.8. The van der Waals surface area contributed by atoms with E-state index in [0.29, 0.717) is 16.5 Å². The fraction of sp³-hybridized carbons (Fsp3) is 0.100. The van der Waals surface area contributed by atoms with Crippen LogP contribution in [0.5, 0.6) is 5.75 Å². The highest BCUT2D eigenvalue weighted by Crippen LogP contribution is 2.44. The number of fused-ring (bicyclic) bond motifs is 3. The van der Waals surface area contributed by atoms with Gasteiger partial charge < -0.3 is 19.6 Å². The average molecular weight is 394 g/mol. The second-order valence-electron chi connectivity index (χ2n) is 6.28. The van der Waals surface area contributed by atoms with Gasteiger partial charge in [0, 0.05) is 12.1 Å². The highest BCUT2D eigenvalue weighted by Gasteiger charge is 2.39. The van der Waals surface area contributed by atoms with Gasteiger partial charge in [-0.25, -0.2) is 9.59 Å². The van der Waals surface area contributed by atoms with Crippen molar-refractivity contribution in [3.05, 3.63) is 91.6 Å². The summed E-state index contributed by atoms with van der Waals surface area (Å²) in [5, 5.41) is 11.5. The summed E-state index contributed by atoms with van der Waals surface area (Å²) in [4.78, 5) is 35.7. The van der Waals surface area contributed by atoms with E-state index in [4.69, 9.17) is 19.6 Å². The highest BCUT2D eigenvalue weighted by molar-refractivity contribution is 5.94. The number of nitrogens with zero attached hydrogens (tertiary/aromatic N) is 1. The van der Waals surface area contributed by atoms with Crippen LogP contribution in [0.25, 0.3) is 11.0 Å². The Morgan fingerprint density at radius 3 is 2.52 bits per heavy atom. The highest BCUT2D eigenvalue weighted by atomic mass is 16.6. The third-order valence-corrected chi connectivity index (χ3v) is 4.70. The molecule has 146 valence electrons. The molecule has 0 spiro atoms. The smallest absolute Gasteiger partial charge is 0.344 e. The summed E-state index contributed by atoms with van der Waals surface area (Å²) in [6.45, 7) is 0. The molecule has 1 aromatic heterocycles. The summed E-state index contributed by atoms with van der Waals surface area (Å²) >= 11 is 0. The van der Waals surface area contributed by atoms with Crippen LogP contribution in [0.4, 0.5) is 5.69 Å². The van der Waals surface area contributed by atoms with Crippen molar-refractivity contribution in [1.29, 1.82) is 0 Å². The summed E-state index contributed by atoms with van der Waals surface area (Å²) in [5.74, 6) is -1.81. The molecule has 1 aliphatic heterocycles. The van der Waals surface area contributed by atoms with E-state index in [-0.39, 0.29) is 28.5 Å². The van der Waals surface area contributed by atoms with E-state index in [1.54, 1.807) is 24.3 Å². The van der Waals surface area contributed by atoms with Gasteiger partial charge in [0.05, 0.1) is 28.9 Å². The minimum absolute atomic E-state index is 0.0622. The quantitative estimate of drug-likeness (QED) is 0.310. The number of benzene rings is 2. The Labute approximate surface area is 163 Å². The zero-order valence-electron chi connectivity index (χ0n) is 15.1. The van der Waals surface area contributed by atoms with Gasteiger partial charge in [0.2, 0.25) is 5.88 Å². The second kappa shape index (κ2) is 6.79. The van der Waals surface area contributed by atoms with E-state index in [0.717, 1.165) is 0 Å². The fourth-order valence-corrected chi connectivity index (χ4v) is 3.40. The predicted molar refractivity (Wildman–Crippen MR) is 101 cm³/mol. The standard InChI is InChI=1S/C20H14N2O7/c1-27-19(23)16-14(10-6-8-11(9-7-10)22(25)26)15-17(29-18(16)21)12-4-2-3-5-13(12)28-20(15)24/h2-9,14H,21H2,1H3. The average Bonchev–Trinajstić information content (AvgIpc) is 2.72. The van der Waals surface area contributed by atoms with Crippen molar-refractivity contribution in [3.8, 4) is 5.75 Å². The molecule has 2 N–H and O–H groups in total. The number of ether oxygens (including phenoxy) is 2. The van der Waals surface area contributed by atoms with Crippen molar-refractivity contribution >= 4 is 22.6 Å². The van der Waals surface area contributed by atoms with Gasteiger partial charge in [-0.15, -0.1) is 0 Å². The van der Waals surface area contributed by atoms with Gasteiger partial charge in [0.25, 0.3) is 5.69 Å². The van der Waals surface area contributed by atoms with E-state index in [2.05, 4.69) is 0 Å². The Morgan fingerprint density at radius 2 is 1.86 bits per heavy atom. The van der Waals surface area contributed by atoms with E-state index >= 15 is 0 Å². The minimum atomic E-state index is -0.979. The molecule has 0 fully saturated rings. The van der Waals surface area contributed by atoms with Crippen LogP contribution in [-0.2, 0) is 9.53 Å². The van der Waals surface area contributed by atoms with Crippen molar-refractivity contribution in [2.75, 3.05) is 7.11 Å². The van der Waals surface area contributed by atoms with E-state index in [1.807, 2.05) is 0 Å². The van der Waals surface area contributed by atoms with Crippen LogP contribution < -0.4 is 16.1 Å². The number of hydrogen-bond acceptors (Lipinski definition) is 8. The van der Waals surface area contributed by atoms with E-state index in [9.17, 15) is 19.7 Å². The maximum Gasteiger partial charge on any atom is 0.344 e. The van der Waals surface area contributed by atoms with Crippen LogP contribution in [0.1, 0.15) is 17.0 Å². The number of esters is 1. The van der Waals surface area contributed by atoms with Crippen molar-refractivity contribution in [1.82, 2.24) is 0 Å². The number of carbonyl (C=O) groups is 1. The van der Waals surface area contributed by atoms with Crippen molar-refractivity contribution < 1.29 is 23.6 Å². The molecule has 1 aliphatic rings. The second-order valence-corrected chi connectivity index (χ2v) is 6.28. The number of non-ortho nitro benzene ring substituents is 1. The van der Waals surface area contributed by atoms with Crippen LogP contribution in [0, 0.1) is 10.1 Å². The van der Waals surface area contributed by atoms with Gasteiger partial charge in [-0.3, -0.25) is 10.1 Å². The lowest BCUT2D eigenvalue weighted by Gasteiger charge is -2.27. The number of nitrogens with two attached hydrogens (primary N) is 1. The zero-order chi connectivity index (χ0) is 20.7. The third-order valence-electron chi connectivity index (χ3n) is 4.70. The minimum Gasteiger partial charge on any atom is -0.465 e. The molecule has 9 nitrogen and oxygen atoms in total. The van der Waals surface area contributed by atoms with E-state index < -0.39 is 22.4 Å². The lowest BCUT2D eigenvalue weighted by molar-refractivity contribution is -0.384.